The molecule has 38 heavy (non-hydrogen) atoms. The first-order valence-electron chi connectivity index (χ1n) is 15.9. The largest absolute Gasteiger partial charge is 0.462 e. The molecule has 0 spiro atoms. The van der Waals surface area contributed by atoms with E-state index in [1.807, 2.05) is 0 Å². The van der Waals surface area contributed by atoms with Crippen molar-refractivity contribution in [1.29, 1.82) is 0 Å². The van der Waals surface area contributed by atoms with E-state index in [4.69, 9.17) is 4.74 Å². The van der Waals surface area contributed by atoms with Gasteiger partial charge in [0.1, 0.15) is 6.10 Å². The third-order valence-electron chi connectivity index (χ3n) is 14.9. The van der Waals surface area contributed by atoms with Crippen LogP contribution in [0.3, 0.4) is 0 Å². The maximum absolute atomic E-state index is 14.0. The highest BCUT2D eigenvalue weighted by Gasteiger charge is 2.68. The van der Waals surface area contributed by atoms with Crippen LogP contribution in [0.1, 0.15) is 121 Å². The highest BCUT2D eigenvalue weighted by Crippen LogP contribution is 2.75. The molecule has 0 N–H and O–H groups in total. The van der Waals surface area contributed by atoms with Gasteiger partial charge in [0.2, 0.25) is 0 Å². The molecule has 3 nitrogen and oxygen atoms in total. The molecule has 3 heteroatoms. The molecule has 214 valence electrons. The zero-order valence-electron chi connectivity index (χ0n) is 26.4. The van der Waals surface area contributed by atoms with Gasteiger partial charge < -0.3 is 4.74 Å². The van der Waals surface area contributed by atoms with Gasteiger partial charge >= 0.3 is 5.97 Å². The minimum Gasteiger partial charge on any atom is -0.462 e. The van der Waals surface area contributed by atoms with Crippen LogP contribution in [0.5, 0.6) is 0 Å². The van der Waals surface area contributed by atoms with Crippen molar-refractivity contribution in [3.63, 3.8) is 0 Å². The summed E-state index contributed by atoms with van der Waals surface area (Å²) in [4.78, 5) is 26.3. The van der Waals surface area contributed by atoms with Gasteiger partial charge in [-0.25, -0.2) is 0 Å². The Balaban J connectivity index is 1.47. The molecule has 4 aliphatic carbocycles. The van der Waals surface area contributed by atoms with Crippen LogP contribution in [0.4, 0.5) is 0 Å². The van der Waals surface area contributed by atoms with Gasteiger partial charge in [0.15, 0.2) is 5.78 Å². The van der Waals surface area contributed by atoms with E-state index in [1.165, 1.54) is 37.7 Å². The summed E-state index contributed by atoms with van der Waals surface area (Å²) in [6, 6.07) is 0. The number of carbonyl (C=O) groups is 2. The topological polar surface area (TPSA) is 43.4 Å². The van der Waals surface area contributed by atoms with Crippen LogP contribution in [-0.4, -0.2) is 17.9 Å². The Morgan fingerprint density at radius 3 is 2.16 bits per heavy atom. The lowest BCUT2D eigenvalue weighted by Gasteiger charge is -2.65. The number of ether oxygens (including phenoxy) is 1. The van der Waals surface area contributed by atoms with E-state index in [-0.39, 0.29) is 45.1 Å². The Kier molecular flexibility index (Phi) is 6.50. The Morgan fingerprint density at radius 1 is 0.921 bits per heavy atom. The molecule has 0 aromatic carbocycles. The van der Waals surface area contributed by atoms with Crippen molar-refractivity contribution >= 4 is 11.8 Å². The number of hydrogen-bond acceptors (Lipinski definition) is 3. The second kappa shape index (κ2) is 8.69. The lowest BCUT2D eigenvalue weighted by atomic mass is 9.38. The van der Waals surface area contributed by atoms with E-state index < -0.39 is 0 Å². The average molecular weight is 525 g/mol. The van der Waals surface area contributed by atoms with Crippen molar-refractivity contribution in [2.45, 2.75) is 127 Å². The van der Waals surface area contributed by atoms with E-state index in [0.717, 1.165) is 12.8 Å². The quantitative estimate of drug-likeness (QED) is 0.346. The number of ketones is 1. The Morgan fingerprint density at radius 2 is 1.55 bits per heavy atom. The molecule has 0 bridgehead atoms. The van der Waals surface area contributed by atoms with Crippen LogP contribution in [-0.2, 0) is 14.3 Å². The standard InChI is InChI=1S/C35H56O3/c1-20-18-34(10)26-12-14-33(9)28(31(6,7)22(3)16-25-23(4)30(37)38-24(25)5)13-15-32(33,8)27(26)17-29(36)35(34,11)19-21(20)2/h17,20-26,28H,12-16,18-19H2,1-11H3/t20-,21+,22+,23-,24-,25-,26?,28+,32-,33+,34+,35-/m0/s1. The van der Waals surface area contributed by atoms with Crippen LogP contribution in [0.2, 0.25) is 0 Å². The van der Waals surface area contributed by atoms with Gasteiger partial charge in [-0.15, -0.1) is 0 Å². The molecule has 0 amide bonds. The van der Waals surface area contributed by atoms with Crippen LogP contribution in [0.25, 0.3) is 0 Å². The first-order valence-corrected chi connectivity index (χ1v) is 15.9. The minimum absolute atomic E-state index is 0.00261. The molecule has 12 atom stereocenters. The first-order chi connectivity index (χ1) is 17.4. The summed E-state index contributed by atoms with van der Waals surface area (Å²) in [5, 5.41) is 0. The summed E-state index contributed by atoms with van der Waals surface area (Å²) in [5.41, 5.74) is 1.77. The zero-order valence-corrected chi connectivity index (χ0v) is 26.4. The fourth-order valence-electron chi connectivity index (χ4n) is 11.2. The highest BCUT2D eigenvalue weighted by atomic mass is 16.6. The predicted molar refractivity (Wildman–Crippen MR) is 154 cm³/mol. The van der Waals surface area contributed by atoms with Crippen molar-refractivity contribution in [1.82, 2.24) is 0 Å². The van der Waals surface area contributed by atoms with Gasteiger partial charge in [-0.1, -0.05) is 74.8 Å². The SMILES string of the molecule is C[C@@H]1C[C@@]2(C)C(=O)C=C3C(CC[C@]4(C)[C@@H](C(C)(C)[C@H](C)C[C@@H]5[C@H](C)OC(=O)[C@H]5C)CC[C@@]34C)[C@@]2(C)C[C@@H]1C. The molecule has 5 rings (SSSR count). The number of rotatable bonds is 4. The van der Waals surface area contributed by atoms with E-state index in [0.29, 0.717) is 41.3 Å². The average Bonchev–Trinajstić information content (AvgIpc) is 3.24. The van der Waals surface area contributed by atoms with Gasteiger partial charge in [0.05, 0.1) is 5.92 Å². The number of fused-ring (bicyclic) bond motifs is 5. The van der Waals surface area contributed by atoms with Gasteiger partial charge in [0.25, 0.3) is 0 Å². The molecule has 0 radical (unpaired) electrons. The molecule has 1 heterocycles. The van der Waals surface area contributed by atoms with Crippen LogP contribution < -0.4 is 0 Å². The summed E-state index contributed by atoms with van der Waals surface area (Å²) >= 11 is 0. The van der Waals surface area contributed by atoms with Crippen molar-refractivity contribution in [2.75, 3.05) is 0 Å². The fourth-order valence-corrected chi connectivity index (χ4v) is 11.2. The Hall–Kier alpha value is -1.12. The lowest BCUT2D eigenvalue weighted by Crippen LogP contribution is -2.60. The molecule has 1 saturated heterocycles. The number of allylic oxidation sites excluding steroid dienone is 2. The van der Waals surface area contributed by atoms with E-state index in [1.54, 1.807) is 0 Å². The molecular weight excluding hydrogens is 468 g/mol. The fraction of sp³-hybridized carbons (Fsp3) is 0.886. The monoisotopic (exact) mass is 524 g/mol. The minimum atomic E-state index is -0.225. The van der Waals surface area contributed by atoms with Crippen LogP contribution >= 0.6 is 0 Å². The van der Waals surface area contributed by atoms with Gasteiger partial charge in [-0.05, 0) is 109 Å². The molecule has 4 fully saturated rings. The summed E-state index contributed by atoms with van der Waals surface area (Å²) < 4.78 is 5.61. The highest BCUT2D eigenvalue weighted by molar-refractivity contribution is 5.97. The number of carbonyl (C=O) groups excluding carboxylic acids is 2. The zero-order chi connectivity index (χ0) is 28.2. The normalized spacial score (nSPS) is 51.6. The van der Waals surface area contributed by atoms with E-state index in [9.17, 15) is 9.59 Å². The smallest absolute Gasteiger partial charge is 0.309 e. The second-order valence-electron chi connectivity index (χ2n) is 16.6. The second-order valence-corrected chi connectivity index (χ2v) is 16.6. The molecule has 3 saturated carbocycles. The summed E-state index contributed by atoms with van der Waals surface area (Å²) in [7, 11) is 0. The summed E-state index contributed by atoms with van der Waals surface area (Å²) in [6.07, 6.45) is 10.4. The maximum atomic E-state index is 14.0. The molecule has 1 aliphatic heterocycles. The maximum Gasteiger partial charge on any atom is 0.309 e. The lowest BCUT2D eigenvalue weighted by molar-refractivity contribution is -0.152. The van der Waals surface area contributed by atoms with E-state index in [2.05, 4.69) is 82.2 Å². The molecule has 0 aromatic heterocycles. The van der Waals surface area contributed by atoms with Crippen molar-refractivity contribution < 1.29 is 14.3 Å². The summed E-state index contributed by atoms with van der Waals surface area (Å²) in [6.45, 7) is 26.3. The Bertz CT molecular complexity index is 1040. The molecular formula is C35H56O3. The molecule has 1 unspecified atom stereocenters. The number of esters is 1. The summed E-state index contributed by atoms with van der Waals surface area (Å²) in [5.74, 6) is 3.61. The molecule has 0 aromatic rings. The third-order valence-corrected chi connectivity index (χ3v) is 14.9. The van der Waals surface area contributed by atoms with Gasteiger partial charge in [0, 0.05) is 11.3 Å². The van der Waals surface area contributed by atoms with E-state index >= 15 is 0 Å². The van der Waals surface area contributed by atoms with Crippen molar-refractivity contribution in [3.8, 4) is 0 Å². The number of cyclic esters (lactones) is 1. The van der Waals surface area contributed by atoms with Crippen molar-refractivity contribution in [3.05, 3.63) is 11.6 Å². The third kappa shape index (κ3) is 3.50. The van der Waals surface area contributed by atoms with Crippen molar-refractivity contribution in [2.24, 2.45) is 68.5 Å². The molecule has 5 aliphatic rings. The first kappa shape index (κ1) is 28.4. The number of hydrogen-bond donors (Lipinski definition) is 0. The van der Waals surface area contributed by atoms with Gasteiger partial charge in [-0.2, -0.15) is 0 Å². The Labute approximate surface area is 233 Å². The van der Waals surface area contributed by atoms with Gasteiger partial charge in [-0.3, -0.25) is 9.59 Å². The van der Waals surface area contributed by atoms with Crippen LogP contribution in [0.15, 0.2) is 11.6 Å². The van der Waals surface area contributed by atoms with Crippen LogP contribution in [0, 0.1) is 68.5 Å². The predicted octanol–water partition coefficient (Wildman–Crippen LogP) is 8.66.